The predicted octanol–water partition coefficient (Wildman–Crippen LogP) is 3.84. The molecule has 0 saturated heterocycles. The molecule has 8 nitrogen and oxygen atoms in total. The number of amides is 2. The maximum Gasteiger partial charge on any atom is 0.339 e. The van der Waals surface area contributed by atoms with E-state index in [2.05, 4.69) is 15.8 Å². The van der Waals surface area contributed by atoms with E-state index in [1.165, 1.54) is 0 Å². The fourth-order valence-corrected chi connectivity index (χ4v) is 3.40. The molecule has 2 N–H and O–H groups in total. The van der Waals surface area contributed by atoms with Gasteiger partial charge in [-0.3, -0.25) is 20.4 Å². The molecule has 4 aromatic rings. The van der Waals surface area contributed by atoms with Crippen LogP contribution in [-0.4, -0.2) is 36.5 Å². The number of nitrogens with zero attached hydrogens (tertiary/aromatic N) is 1. The van der Waals surface area contributed by atoms with Crippen LogP contribution < -0.4 is 15.6 Å². The van der Waals surface area contributed by atoms with Crippen molar-refractivity contribution < 1.29 is 23.9 Å². The molecule has 35 heavy (non-hydrogen) atoms. The van der Waals surface area contributed by atoms with Crippen molar-refractivity contribution in [3.8, 4) is 17.0 Å². The highest BCUT2D eigenvalue weighted by Gasteiger charge is 2.17. The van der Waals surface area contributed by atoms with E-state index >= 15 is 0 Å². The number of carbonyl (C=O) groups excluding carboxylic acids is 3. The van der Waals surface area contributed by atoms with Gasteiger partial charge in [0, 0.05) is 16.5 Å². The van der Waals surface area contributed by atoms with Crippen LogP contribution in [0.5, 0.6) is 5.75 Å². The third-order valence-electron chi connectivity index (χ3n) is 5.29. The van der Waals surface area contributed by atoms with Crippen LogP contribution in [0, 0.1) is 6.92 Å². The third kappa shape index (κ3) is 5.62. The lowest BCUT2D eigenvalue weighted by Crippen LogP contribution is -2.43. The summed E-state index contributed by atoms with van der Waals surface area (Å²) in [4.78, 5) is 41.8. The van der Waals surface area contributed by atoms with Gasteiger partial charge in [0.05, 0.1) is 23.9 Å². The summed E-state index contributed by atoms with van der Waals surface area (Å²) in [6.07, 6.45) is 0. The number of fused-ring (bicyclic) bond motifs is 1. The van der Waals surface area contributed by atoms with E-state index in [4.69, 9.17) is 9.47 Å². The Bertz CT molecular complexity index is 1380. The smallest absolute Gasteiger partial charge is 0.339 e. The minimum absolute atomic E-state index is 0.276. The van der Waals surface area contributed by atoms with Crippen molar-refractivity contribution in [2.45, 2.75) is 6.92 Å². The Morgan fingerprint density at radius 3 is 2.31 bits per heavy atom. The van der Waals surface area contributed by atoms with Crippen molar-refractivity contribution in [2.75, 3.05) is 13.7 Å². The minimum Gasteiger partial charge on any atom is -0.497 e. The molecular weight excluding hydrogens is 446 g/mol. The summed E-state index contributed by atoms with van der Waals surface area (Å²) in [6.45, 7) is 1.34. The van der Waals surface area contributed by atoms with Crippen LogP contribution in [0.25, 0.3) is 22.2 Å². The highest BCUT2D eigenvalue weighted by Crippen LogP contribution is 2.26. The number of benzene rings is 3. The van der Waals surface area contributed by atoms with Gasteiger partial charge in [-0.15, -0.1) is 0 Å². The summed E-state index contributed by atoms with van der Waals surface area (Å²) < 4.78 is 10.4. The number of aryl methyl sites for hydroxylation is 1. The first kappa shape index (κ1) is 23.4. The highest BCUT2D eigenvalue weighted by atomic mass is 16.5. The zero-order chi connectivity index (χ0) is 24.8. The normalized spacial score (nSPS) is 10.5. The molecule has 0 atom stereocenters. The molecule has 0 spiro atoms. The van der Waals surface area contributed by atoms with Gasteiger partial charge in [-0.25, -0.2) is 9.78 Å². The summed E-state index contributed by atoms with van der Waals surface area (Å²) in [5.41, 5.74) is 8.21. The molecule has 2 amide bonds. The average Bonchev–Trinajstić information content (AvgIpc) is 2.90. The van der Waals surface area contributed by atoms with Gasteiger partial charge in [-0.1, -0.05) is 35.9 Å². The number of carbonyl (C=O) groups is 3. The number of aromatic nitrogens is 1. The molecule has 0 saturated carbocycles. The second kappa shape index (κ2) is 10.5. The maximum atomic E-state index is 12.9. The Morgan fingerprint density at radius 1 is 0.886 bits per heavy atom. The molecule has 176 valence electrons. The highest BCUT2D eigenvalue weighted by molar-refractivity contribution is 6.05. The van der Waals surface area contributed by atoms with Gasteiger partial charge in [-0.2, -0.15) is 0 Å². The standard InChI is InChI=1S/C27H23N3O5/c1-17-7-9-19(10-8-17)26(32)30-29-25(31)16-35-27(33)22-15-24(18-11-13-20(34-2)14-12-18)28-23-6-4-3-5-21(22)23/h3-15H,16H2,1-2H3,(H,29,31)(H,30,32). The Morgan fingerprint density at radius 2 is 1.60 bits per heavy atom. The molecule has 0 aliphatic carbocycles. The average molecular weight is 469 g/mol. The molecule has 1 aromatic heterocycles. The Kier molecular flexibility index (Phi) is 7.02. The molecule has 0 aliphatic rings. The number of hydrogen-bond donors (Lipinski definition) is 2. The molecule has 0 radical (unpaired) electrons. The van der Waals surface area contributed by atoms with Gasteiger partial charge >= 0.3 is 5.97 Å². The number of nitrogens with one attached hydrogen (secondary N) is 2. The monoisotopic (exact) mass is 469 g/mol. The number of ether oxygens (including phenoxy) is 2. The molecule has 0 aliphatic heterocycles. The first-order chi connectivity index (χ1) is 16.9. The fourth-order valence-electron chi connectivity index (χ4n) is 3.40. The van der Waals surface area contributed by atoms with Crippen LogP contribution in [0.15, 0.2) is 78.9 Å². The second-order valence-corrected chi connectivity index (χ2v) is 7.75. The van der Waals surface area contributed by atoms with E-state index in [1.807, 2.05) is 25.1 Å². The van der Waals surface area contributed by atoms with Crippen molar-refractivity contribution in [3.63, 3.8) is 0 Å². The van der Waals surface area contributed by atoms with Crippen molar-refractivity contribution >= 4 is 28.7 Å². The lowest BCUT2D eigenvalue weighted by molar-refractivity contribution is -0.125. The summed E-state index contributed by atoms with van der Waals surface area (Å²) in [5.74, 6) is -1.13. The zero-order valence-corrected chi connectivity index (χ0v) is 19.2. The van der Waals surface area contributed by atoms with Gasteiger partial charge in [0.15, 0.2) is 6.61 Å². The molecule has 3 aromatic carbocycles. The largest absolute Gasteiger partial charge is 0.497 e. The van der Waals surface area contributed by atoms with Gasteiger partial charge in [-0.05, 0) is 55.5 Å². The Hall–Kier alpha value is -4.72. The number of pyridine rings is 1. The van der Waals surface area contributed by atoms with Gasteiger partial charge in [0.25, 0.3) is 11.8 Å². The fraction of sp³-hybridized carbons (Fsp3) is 0.111. The first-order valence-corrected chi connectivity index (χ1v) is 10.8. The van der Waals surface area contributed by atoms with Crippen molar-refractivity contribution in [3.05, 3.63) is 95.6 Å². The quantitative estimate of drug-likeness (QED) is 0.328. The number of rotatable bonds is 6. The SMILES string of the molecule is COc1ccc(-c2cc(C(=O)OCC(=O)NNC(=O)c3ccc(C)cc3)c3ccccc3n2)cc1. The van der Waals surface area contributed by atoms with Crippen molar-refractivity contribution in [1.82, 2.24) is 15.8 Å². The van der Waals surface area contributed by atoms with Crippen LogP contribution in [0.2, 0.25) is 0 Å². The molecule has 0 unspecified atom stereocenters. The van der Waals surface area contributed by atoms with Crippen molar-refractivity contribution in [1.29, 1.82) is 0 Å². The van der Waals surface area contributed by atoms with Gasteiger partial charge < -0.3 is 9.47 Å². The number of esters is 1. The molecule has 0 bridgehead atoms. The maximum absolute atomic E-state index is 12.9. The van der Waals surface area contributed by atoms with Crippen molar-refractivity contribution in [2.24, 2.45) is 0 Å². The second-order valence-electron chi connectivity index (χ2n) is 7.75. The number of methoxy groups -OCH3 is 1. The zero-order valence-electron chi connectivity index (χ0n) is 19.2. The lowest BCUT2D eigenvalue weighted by atomic mass is 10.0. The molecule has 8 heteroatoms. The number of hydrogen-bond acceptors (Lipinski definition) is 6. The molecular formula is C27H23N3O5. The van der Waals surface area contributed by atoms with E-state index in [9.17, 15) is 14.4 Å². The van der Waals surface area contributed by atoms with E-state index < -0.39 is 24.4 Å². The summed E-state index contributed by atoms with van der Waals surface area (Å²) >= 11 is 0. The van der Waals surface area contributed by atoms with Crippen LogP contribution in [0.3, 0.4) is 0 Å². The van der Waals surface area contributed by atoms with E-state index in [-0.39, 0.29) is 5.56 Å². The number of hydrazine groups is 1. The summed E-state index contributed by atoms with van der Waals surface area (Å²) in [7, 11) is 1.58. The molecule has 0 fully saturated rings. The lowest BCUT2D eigenvalue weighted by Gasteiger charge is -2.11. The van der Waals surface area contributed by atoms with Crippen LogP contribution >= 0.6 is 0 Å². The number of para-hydroxylation sites is 1. The third-order valence-corrected chi connectivity index (χ3v) is 5.29. The van der Waals surface area contributed by atoms with E-state index in [0.29, 0.717) is 27.9 Å². The van der Waals surface area contributed by atoms with Gasteiger partial charge in [0.2, 0.25) is 0 Å². The summed E-state index contributed by atoms with van der Waals surface area (Å²) in [5, 5.41) is 0.600. The van der Waals surface area contributed by atoms with Crippen LogP contribution in [0.1, 0.15) is 26.3 Å². The Labute approximate surface area is 201 Å². The Balaban J connectivity index is 1.45. The summed E-state index contributed by atoms with van der Waals surface area (Å²) in [6, 6.07) is 23.0. The first-order valence-electron chi connectivity index (χ1n) is 10.8. The topological polar surface area (TPSA) is 107 Å². The van der Waals surface area contributed by atoms with Crippen LogP contribution in [0.4, 0.5) is 0 Å². The van der Waals surface area contributed by atoms with E-state index in [0.717, 1.165) is 11.1 Å². The van der Waals surface area contributed by atoms with Gasteiger partial charge in [0.1, 0.15) is 5.75 Å². The predicted molar refractivity (Wildman–Crippen MR) is 131 cm³/mol. The molecule has 4 rings (SSSR count). The van der Waals surface area contributed by atoms with Crippen LogP contribution in [-0.2, 0) is 9.53 Å². The van der Waals surface area contributed by atoms with E-state index in [1.54, 1.807) is 67.8 Å². The minimum atomic E-state index is -0.682. The molecule has 1 heterocycles.